The largest absolute Gasteiger partial charge is 0.314 e. The van der Waals surface area contributed by atoms with Gasteiger partial charge in [-0.2, -0.15) is 0 Å². The quantitative estimate of drug-likeness (QED) is 0.638. The van der Waals surface area contributed by atoms with E-state index in [1.807, 2.05) is 13.8 Å². The maximum Gasteiger partial charge on any atom is 0.0235 e. The Hall–Kier alpha value is -0.0800. The van der Waals surface area contributed by atoms with Crippen molar-refractivity contribution in [2.24, 2.45) is 5.92 Å². The maximum absolute atomic E-state index is 3.45. The fourth-order valence-corrected chi connectivity index (χ4v) is 2.22. The van der Waals surface area contributed by atoms with Gasteiger partial charge < -0.3 is 10.2 Å². The van der Waals surface area contributed by atoms with Crippen molar-refractivity contribution in [1.29, 1.82) is 0 Å². The van der Waals surface area contributed by atoms with Gasteiger partial charge in [0.2, 0.25) is 0 Å². The minimum absolute atomic E-state index is 0.576. The van der Waals surface area contributed by atoms with Crippen LogP contribution in [0.4, 0.5) is 0 Å². The van der Waals surface area contributed by atoms with Crippen molar-refractivity contribution >= 4 is 0 Å². The molecule has 0 amide bonds. The number of likely N-dealkylation sites (tertiary alicyclic amines) is 1. The minimum Gasteiger partial charge on any atom is -0.314 e. The van der Waals surface area contributed by atoms with Crippen LogP contribution in [-0.4, -0.2) is 37.6 Å². The van der Waals surface area contributed by atoms with Gasteiger partial charge in [0.05, 0.1) is 0 Å². The van der Waals surface area contributed by atoms with Crippen molar-refractivity contribution in [2.45, 2.75) is 32.2 Å². The van der Waals surface area contributed by atoms with Gasteiger partial charge in [-0.15, -0.1) is 0 Å². The third-order valence-electron chi connectivity index (χ3n) is 3.20. The average molecular weight is 170 g/mol. The summed E-state index contributed by atoms with van der Waals surface area (Å²) in [5.74, 6) is 0.955. The number of fused-ring (bicyclic) bond motifs is 1. The average Bonchev–Trinajstić information content (AvgIpc) is 2.82. The summed E-state index contributed by atoms with van der Waals surface area (Å²) in [6, 6.07) is 0. The van der Waals surface area contributed by atoms with E-state index in [0.717, 1.165) is 5.92 Å². The molecule has 1 saturated heterocycles. The zero-order chi connectivity index (χ0) is 9.19. The number of nitrogens with one attached hydrogen (secondary N) is 1. The Morgan fingerprint density at radius 2 is 2.08 bits per heavy atom. The fourth-order valence-electron chi connectivity index (χ4n) is 2.22. The summed E-state index contributed by atoms with van der Waals surface area (Å²) >= 11 is 0. The molecule has 1 heterocycles. The lowest BCUT2D eigenvalue weighted by Crippen LogP contribution is -2.41. The summed E-state index contributed by atoms with van der Waals surface area (Å²) in [5.41, 5.74) is 0.576. The van der Waals surface area contributed by atoms with E-state index >= 15 is 0 Å². The number of hydrogen-bond donors (Lipinski definition) is 1. The highest BCUT2D eigenvalue weighted by Crippen LogP contribution is 2.48. The first-order valence-corrected chi connectivity index (χ1v) is 5.14. The van der Waals surface area contributed by atoms with Gasteiger partial charge in [-0.1, -0.05) is 13.8 Å². The molecule has 0 aromatic heterocycles. The second kappa shape index (κ2) is 3.75. The van der Waals surface area contributed by atoms with E-state index in [9.17, 15) is 0 Å². The van der Waals surface area contributed by atoms with Crippen molar-refractivity contribution in [3.8, 4) is 0 Å². The van der Waals surface area contributed by atoms with Gasteiger partial charge in [-0.25, -0.2) is 0 Å². The Kier molecular flexibility index (Phi) is 3.13. The topological polar surface area (TPSA) is 15.3 Å². The van der Waals surface area contributed by atoms with Crippen molar-refractivity contribution in [3.05, 3.63) is 0 Å². The SMILES string of the molecule is CC.CNC12CCN(C)CC1C2. The number of nitrogens with zero attached hydrogens (tertiary/aromatic N) is 1. The lowest BCUT2D eigenvalue weighted by Gasteiger charge is -2.28. The highest BCUT2D eigenvalue weighted by Gasteiger charge is 2.54. The van der Waals surface area contributed by atoms with E-state index in [1.54, 1.807) is 0 Å². The lowest BCUT2D eigenvalue weighted by atomic mass is 10.1. The summed E-state index contributed by atoms with van der Waals surface area (Å²) in [4.78, 5) is 2.44. The molecule has 0 bridgehead atoms. The van der Waals surface area contributed by atoms with Crippen LogP contribution in [0, 0.1) is 5.92 Å². The molecule has 2 rings (SSSR count). The summed E-state index contributed by atoms with van der Waals surface area (Å²) in [5, 5.41) is 3.45. The van der Waals surface area contributed by atoms with Crippen LogP contribution in [0.3, 0.4) is 0 Å². The second-order valence-corrected chi connectivity index (χ2v) is 3.82. The summed E-state index contributed by atoms with van der Waals surface area (Å²) < 4.78 is 0. The molecular weight excluding hydrogens is 148 g/mol. The predicted molar refractivity (Wildman–Crippen MR) is 53.4 cm³/mol. The van der Waals surface area contributed by atoms with Gasteiger partial charge in [0.15, 0.2) is 0 Å². The Morgan fingerprint density at radius 3 is 2.58 bits per heavy atom. The first kappa shape index (κ1) is 10.0. The Labute approximate surface area is 76.3 Å². The molecule has 1 aliphatic carbocycles. The van der Waals surface area contributed by atoms with Gasteiger partial charge in [-0.3, -0.25) is 0 Å². The molecule has 2 heteroatoms. The summed E-state index contributed by atoms with van der Waals surface area (Å²) in [6.07, 6.45) is 2.76. The standard InChI is InChI=1S/C8H16N2.C2H6/c1-9-8-3-4-10(2)6-7(8)5-8;1-2/h7,9H,3-6H2,1-2H3;1-2H3. The number of hydrogen-bond acceptors (Lipinski definition) is 2. The lowest BCUT2D eigenvalue weighted by molar-refractivity contribution is 0.234. The molecule has 2 unspecified atom stereocenters. The van der Waals surface area contributed by atoms with E-state index in [-0.39, 0.29) is 0 Å². The molecule has 2 nitrogen and oxygen atoms in total. The summed E-state index contributed by atoms with van der Waals surface area (Å²) in [7, 11) is 4.32. The third kappa shape index (κ3) is 1.64. The Morgan fingerprint density at radius 1 is 1.42 bits per heavy atom. The summed E-state index contributed by atoms with van der Waals surface area (Å²) in [6.45, 7) is 6.58. The molecule has 1 saturated carbocycles. The first-order valence-electron chi connectivity index (χ1n) is 5.14. The molecule has 0 spiro atoms. The van der Waals surface area contributed by atoms with E-state index < -0.39 is 0 Å². The molecule has 72 valence electrons. The monoisotopic (exact) mass is 170 g/mol. The van der Waals surface area contributed by atoms with Gasteiger partial charge in [-0.05, 0) is 39.4 Å². The van der Waals surface area contributed by atoms with Gasteiger partial charge >= 0.3 is 0 Å². The van der Waals surface area contributed by atoms with Gasteiger partial charge in [0, 0.05) is 12.1 Å². The molecule has 2 fully saturated rings. The van der Waals surface area contributed by atoms with Crippen LogP contribution in [0.5, 0.6) is 0 Å². The van der Waals surface area contributed by atoms with E-state index in [0.29, 0.717) is 5.54 Å². The zero-order valence-electron chi connectivity index (χ0n) is 8.85. The normalized spacial score (nSPS) is 39.5. The second-order valence-electron chi connectivity index (χ2n) is 3.82. The van der Waals surface area contributed by atoms with Crippen LogP contribution >= 0.6 is 0 Å². The van der Waals surface area contributed by atoms with Gasteiger partial charge in [0.1, 0.15) is 0 Å². The fraction of sp³-hybridized carbons (Fsp3) is 1.00. The molecule has 2 aliphatic rings. The van der Waals surface area contributed by atoms with Crippen molar-refractivity contribution < 1.29 is 0 Å². The molecule has 0 aromatic rings. The molecule has 1 N–H and O–H groups in total. The molecule has 2 atom stereocenters. The van der Waals surface area contributed by atoms with Crippen LogP contribution < -0.4 is 5.32 Å². The Bertz CT molecular complexity index is 147. The third-order valence-corrected chi connectivity index (χ3v) is 3.20. The highest BCUT2D eigenvalue weighted by molar-refractivity contribution is 5.12. The molecular formula is C10H22N2. The predicted octanol–water partition coefficient (Wildman–Crippen LogP) is 1.33. The van der Waals surface area contributed by atoms with Crippen LogP contribution in [0.2, 0.25) is 0 Å². The van der Waals surface area contributed by atoms with Crippen LogP contribution in [0.25, 0.3) is 0 Å². The van der Waals surface area contributed by atoms with Crippen molar-refractivity contribution in [3.63, 3.8) is 0 Å². The van der Waals surface area contributed by atoms with Crippen LogP contribution in [-0.2, 0) is 0 Å². The van der Waals surface area contributed by atoms with Gasteiger partial charge in [0.25, 0.3) is 0 Å². The van der Waals surface area contributed by atoms with E-state index in [1.165, 1.54) is 25.9 Å². The molecule has 12 heavy (non-hydrogen) atoms. The number of piperidine rings is 1. The molecule has 1 aliphatic heterocycles. The van der Waals surface area contributed by atoms with Crippen LogP contribution in [0.15, 0.2) is 0 Å². The molecule has 0 radical (unpaired) electrons. The van der Waals surface area contributed by atoms with Crippen molar-refractivity contribution in [2.75, 3.05) is 27.2 Å². The minimum atomic E-state index is 0.576. The number of rotatable bonds is 1. The van der Waals surface area contributed by atoms with E-state index in [2.05, 4.69) is 24.3 Å². The van der Waals surface area contributed by atoms with E-state index in [4.69, 9.17) is 0 Å². The van der Waals surface area contributed by atoms with Crippen molar-refractivity contribution in [1.82, 2.24) is 10.2 Å². The first-order chi connectivity index (χ1) is 5.77. The Balaban J connectivity index is 0.000000336. The zero-order valence-corrected chi connectivity index (χ0v) is 8.85. The smallest absolute Gasteiger partial charge is 0.0235 e. The van der Waals surface area contributed by atoms with Crippen LogP contribution in [0.1, 0.15) is 26.7 Å². The molecule has 0 aromatic carbocycles. The highest BCUT2D eigenvalue weighted by atomic mass is 15.2. The maximum atomic E-state index is 3.45.